The summed E-state index contributed by atoms with van der Waals surface area (Å²) in [5.74, 6) is -0.484. The van der Waals surface area contributed by atoms with Crippen LogP contribution >= 0.6 is 0 Å². The SMILES string of the molecule is CCC(C)C(C(=O)OCC(C)C)(C(C)CC)C(C)C(=O)OCC(C)C. The van der Waals surface area contributed by atoms with Crippen molar-refractivity contribution in [3.8, 4) is 0 Å². The lowest BCUT2D eigenvalue weighted by Gasteiger charge is -2.44. The molecule has 25 heavy (non-hydrogen) atoms. The largest absolute Gasteiger partial charge is 0.465 e. The van der Waals surface area contributed by atoms with Crippen molar-refractivity contribution in [3.63, 3.8) is 0 Å². The van der Waals surface area contributed by atoms with Crippen LogP contribution in [0.15, 0.2) is 0 Å². The molecule has 0 aromatic heterocycles. The van der Waals surface area contributed by atoms with E-state index in [1.807, 2.05) is 34.6 Å². The van der Waals surface area contributed by atoms with E-state index in [9.17, 15) is 9.59 Å². The van der Waals surface area contributed by atoms with Gasteiger partial charge in [0.1, 0.15) is 0 Å². The molecule has 0 aliphatic rings. The standard InChI is InChI=1S/C21H40O4/c1-10-16(7)21(17(8)11-2,20(23)25-13-15(5)6)18(9)19(22)24-12-14(3)4/h14-18H,10-13H2,1-9H3. The van der Waals surface area contributed by atoms with Crippen molar-refractivity contribution in [1.82, 2.24) is 0 Å². The van der Waals surface area contributed by atoms with E-state index >= 15 is 0 Å². The van der Waals surface area contributed by atoms with Crippen molar-refractivity contribution < 1.29 is 19.1 Å². The van der Waals surface area contributed by atoms with Crippen LogP contribution in [0.2, 0.25) is 0 Å². The molecule has 0 N–H and O–H groups in total. The fourth-order valence-electron chi connectivity index (χ4n) is 3.53. The van der Waals surface area contributed by atoms with E-state index in [0.717, 1.165) is 12.8 Å². The van der Waals surface area contributed by atoms with Gasteiger partial charge >= 0.3 is 11.9 Å². The molecular formula is C21H40O4. The van der Waals surface area contributed by atoms with E-state index < -0.39 is 11.3 Å². The van der Waals surface area contributed by atoms with Gasteiger partial charge < -0.3 is 9.47 Å². The van der Waals surface area contributed by atoms with Gasteiger partial charge in [-0.05, 0) is 23.7 Å². The van der Waals surface area contributed by atoms with Crippen LogP contribution in [0.25, 0.3) is 0 Å². The summed E-state index contributed by atoms with van der Waals surface area (Å²) in [7, 11) is 0. The van der Waals surface area contributed by atoms with Gasteiger partial charge in [0.05, 0.1) is 24.5 Å². The Labute approximate surface area is 155 Å². The van der Waals surface area contributed by atoms with Crippen LogP contribution in [0, 0.1) is 35.0 Å². The summed E-state index contributed by atoms with van der Waals surface area (Å²) in [5, 5.41) is 0. The Balaban J connectivity index is 5.82. The molecule has 0 aromatic rings. The maximum atomic E-state index is 13.2. The Bertz CT molecular complexity index is 404. The van der Waals surface area contributed by atoms with Crippen LogP contribution in [-0.2, 0) is 19.1 Å². The molecule has 0 radical (unpaired) electrons. The molecule has 0 aliphatic carbocycles. The summed E-state index contributed by atoms with van der Waals surface area (Å²) in [5.41, 5.74) is -0.855. The molecule has 0 bridgehead atoms. The second-order valence-electron chi connectivity index (χ2n) is 8.29. The third kappa shape index (κ3) is 6.00. The Hall–Kier alpha value is -1.06. The molecule has 0 aromatic carbocycles. The summed E-state index contributed by atoms with van der Waals surface area (Å²) in [6.07, 6.45) is 1.62. The predicted octanol–water partition coefficient (Wildman–Crippen LogP) is 5.10. The Morgan fingerprint density at radius 3 is 1.52 bits per heavy atom. The Morgan fingerprint density at radius 1 is 0.760 bits per heavy atom. The Morgan fingerprint density at radius 2 is 1.16 bits per heavy atom. The third-order valence-electron chi connectivity index (χ3n) is 5.39. The first-order chi connectivity index (χ1) is 11.5. The monoisotopic (exact) mass is 356 g/mol. The molecule has 3 atom stereocenters. The van der Waals surface area contributed by atoms with Crippen molar-refractivity contribution in [2.24, 2.45) is 35.0 Å². The van der Waals surface area contributed by atoms with Crippen LogP contribution in [0.1, 0.15) is 75.2 Å². The highest BCUT2D eigenvalue weighted by Crippen LogP contribution is 2.47. The molecule has 3 unspecified atom stereocenters. The molecule has 0 spiro atoms. The van der Waals surface area contributed by atoms with Crippen molar-refractivity contribution >= 4 is 11.9 Å². The second kappa shape index (κ2) is 10.8. The van der Waals surface area contributed by atoms with Gasteiger partial charge in [0, 0.05) is 0 Å². The average molecular weight is 357 g/mol. The number of rotatable bonds is 11. The van der Waals surface area contributed by atoms with Crippen molar-refractivity contribution in [2.45, 2.75) is 75.2 Å². The van der Waals surface area contributed by atoms with Crippen LogP contribution in [0.4, 0.5) is 0 Å². The molecule has 0 saturated carbocycles. The van der Waals surface area contributed by atoms with E-state index in [4.69, 9.17) is 9.47 Å². The topological polar surface area (TPSA) is 52.6 Å². The molecular weight excluding hydrogens is 316 g/mol. The van der Waals surface area contributed by atoms with Gasteiger partial charge in [0.25, 0.3) is 0 Å². The highest BCUT2D eigenvalue weighted by Gasteiger charge is 2.55. The van der Waals surface area contributed by atoms with Crippen LogP contribution < -0.4 is 0 Å². The molecule has 0 amide bonds. The summed E-state index contributed by atoms with van der Waals surface area (Å²) in [6.45, 7) is 18.8. The van der Waals surface area contributed by atoms with Gasteiger partial charge in [-0.1, -0.05) is 75.2 Å². The normalized spacial score (nSPS) is 17.7. The highest BCUT2D eigenvalue weighted by molar-refractivity contribution is 5.86. The van der Waals surface area contributed by atoms with E-state index in [1.165, 1.54) is 0 Å². The smallest absolute Gasteiger partial charge is 0.313 e. The molecule has 0 aliphatic heterocycles. The minimum atomic E-state index is -0.855. The van der Waals surface area contributed by atoms with Gasteiger partial charge in [-0.15, -0.1) is 0 Å². The molecule has 0 saturated heterocycles. The van der Waals surface area contributed by atoms with Crippen molar-refractivity contribution in [1.29, 1.82) is 0 Å². The van der Waals surface area contributed by atoms with E-state index in [0.29, 0.717) is 13.2 Å². The lowest BCUT2D eigenvalue weighted by Crippen LogP contribution is -2.52. The minimum Gasteiger partial charge on any atom is -0.465 e. The van der Waals surface area contributed by atoms with E-state index in [1.54, 1.807) is 0 Å². The van der Waals surface area contributed by atoms with Crippen LogP contribution in [0.5, 0.6) is 0 Å². The zero-order valence-corrected chi connectivity index (χ0v) is 17.8. The summed E-state index contributed by atoms with van der Waals surface area (Å²) >= 11 is 0. The molecule has 148 valence electrons. The van der Waals surface area contributed by atoms with Gasteiger partial charge in [-0.2, -0.15) is 0 Å². The quantitative estimate of drug-likeness (QED) is 0.483. The number of ether oxygens (including phenoxy) is 2. The van der Waals surface area contributed by atoms with Crippen molar-refractivity contribution in [3.05, 3.63) is 0 Å². The first-order valence-electron chi connectivity index (χ1n) is 9.89. The van der Waals surface area contributed by atoms with Crippen LogP contribution in [0.3, 0.4) is 0 Å². The zero-order valence-electron chi connectivity index (χ0n) is 17.8. The van der Waals surface area contributed by atoms with Gasteiger partial charge in [0.15, 0.2) is 0 Å². The lowest BCUT2D eigenvalue weighted by atomic mass is 9.59. The van der Waals surface area contributed by atoms with Crippen molar-refractivity contribution in [2.75, 3.05) is 13.2 Å². The summed E-state index contributed by atoms with van der Waals surface area (Å²) in [6, 6.07) is 0. The molecule has 4 nitrogen and oxygen atoms in total. The Kier molecular flexibility index (Phi) is 10.4. The number of carbonyl (C=O) groups is 2. The van der Waals surface area contributed by atoms with Crippen LogP contribution in [-0.4, -0.2) is 25.2 Å². The zero-order chi connectivity index (χ0) is 19.8. The van der Waals surface area contributed by atoms with Gasteiger partial charge in [-0.25, -0.2) is 0 Å². The number of hydrogen-bond donors (Lipinski definition) is 0. The first kappa shape index (κ1) is 23.9. The second-order valence-corrected chi connectivity index (χ2v) is 8.29. The minimum absolute atomic E-state index is 0.0312. The molecule has 4 heteroatoms. The summed E-state index contributed by atoms with van der Waals surface area (Å²) in [4.78, 5) is 26.0. The van der Waals surface area contributed by atoms with E-state index in [2.05, 4.69) is 27.7 Å². The fourth-order valence-corrected chi connectivity index (χ4v) is 3.53. The summed E-state index contributed by atoms with van der Waals surface area (Å²) < 4.78 is 11.2. The highest BCUT2D eigenvalue weighted by atomic mass is 16.5. The molecule has 0 rings (SSSR count). The van der Waals surface area contributed by atoms with Gasteiger partial charge in [-0.3, -0.25) is 9.59 Å². The van der Waals surface area contributed by atoms with E-state index in [-0.39, 0.29) is 35.6 Å². The molecule has 0 heterocycles. The predicted molar refractivity (Wildman–Crippen MR) is 102 cm³/mol. The fraction of sp³-hybridized carbons (Fsp3) is 0.905. The van der Waals surface area contributed by atoms with Gasteiger partial charge in [0.2, 0.25) is 0 Å². The lowest BCUT2D eigenvalue weighted by molar-refractivity contribution is -0.180. The molecule has 0 fully saturated rings. The number of carbonyl (C=O) groups excluding carboxylic acids is 2. The maximum Gasteiger partial charge on any atom is 0.313 e. The number of esters is 2. The first-order valence-corrected chi connectivity index (χ1v) is 9.89. The maximum absolute atomic E-state index is 13.2. The third-order valence-corrected chi connectivity index (χ3v) is 5.39. The number of hydrogen-bond acceptors (Lipinski definition) is 4. The average Bonchev–Trinajstić information content (AvgIpc) is 2.57.